The first-order chi connectivity index (χ1) is 10.4. The molecule has 2 atom stereocenters. The summed E-state index contributed by atoms with van der Waals surface area (Å²) in [4.78, 5) is 24.5. The van der Waals surface area contributed by atoms with Crippen molar-refractivity contribution in [1.82, 2.24) is 0 Å². The molecule has 2 N–H and O–H groups in total. The van der Waals surface area contributed by atoms with E-state index in [1.54, 1.807) is 6.92 Å². The van der Waals surface area contributed by atoms with Gasteiger partial charge < -0.3 is 10.2 Å². The Morgan fingerprint density at radius 3 is 1.86 bits per heavy atom. The molecule has 4 heteroatoms. The van der Waals surface area contributed by atoms with Crippen LogP contribution in [-0.2, 0) is 9.59 Å². The highest BCUT2D eigenvalue weighted by atomic mass is 16.4. The number of rotatable bonds is 10. The Morgan fingerprint density at radius 2 is 1.45 bits per heavy atom. The van der Waals surface area contributed by atoms with Gasteiger partial charge in [0.1, 0.15) is 0 Å². The van der Waals surface area contributed by atoms with Crippen LogP contribution >= 0.6 is 0 Å². The van der Waals surface area contributed by atoms with Crippen LogP contribution in [0.25, 0.3) is 0 Å². The Labute approximate surface area is 134 Å². The standard InChI is InChI=1S/C18H32O4/c1-4-6-12-17(3,15(19)20)18(16(21)22,13-7-5-2)14-10-8-9-11-14/h14H,4-13H2,1-3H3,(H,19,20)(H,21,22). The maximum atomic E-state index is 12.4. The summed E-state index contributed by atoms with van der Waals surface area (Å²) in [5.41, 5.74) is -2.31. The fourth-order valence-electron chi connectivity index (χ4n) is 4.37. The van der Waals surface area contributed by atoms with Crippen LogP contribution < -0.4 is 0 Å². The number of carbonyl (C=O) groups is 2. The number of aliphatic carboxylic acids is 2. The van der Waals surface area contributed by atoms with E-state index >= 15 is 0 Å². The van der Waals surface area contributed by atoms with E-state index in [1.165, 1.54) is 0 Å². The molecule has 0 heterocycles. The Kier molecular flexibility index (Phi) is 6.89. The van der Waals surface area contributed by atoms with Gasteiger partial charge in [-0.1, -0.05) is 52.4 Å². The molecule has 22 heavy (non-hydrogen) atoms. The summed E-state index contributed by atoms with van der Waals surface area (Å²) in [5, 5.41) is 20.1. The van der Waals surface area contributed by atoms with Gasteiger partial charge in [-0.2, -0.15) is 0 Å². The highest BCUT2D eigenvalue weighted by Crippen LogP contribution is 2.56. The summed E-state index contributed by atoms with van der Waals surface area (Å²) < 4.78 is 0. The number of carboxylic acids is 2. The van der Waals surface area contributed by atoms with Crippen molar-refractivity contribution in [3.05, 3.63) is 0 Å². The van der Waals surface area contributed by atoms with Gasteiger partial charge in [0, 0.05) is 0 Å². The Balaban J connectivity index is 3.34. The van der Waals surface area contributed by atoms with E-state index in [2.05, 4.69) is 0 Å². The lowest BCUT2D eigenvalue weighted by molar-refractivity contribution is -0.181. The third kappa shape index (κ3) is 3.31. The lowest BCUT2D eigenvalue weighted by atomic mass is 9.53. The van der Waals surface area contributed by atoms with E-state index < -0.39 is 22.8 Å². The zero-order valence-electron chi connectivity index (χ0n) is 14.4. The molecule has 0 aromatic heterocycles. The molecule has 1 aliphatic carbocycles. The molecular weight excluding hydrogens is 280 g/mol. The molecule has 2 unspecified atom stereocenters. The van der Waals surface area contributed by atoms with Gasteiger partial charge in [-0.25, -0.2) is 0 Å². The molecule has 1 rings (SSSR count). The molecule has 0 spiro atoms. The normalized spacial score (nSPS) is 21.2. The van der Waals surface area contributed by atoms with E-state index in [0.29, 0.717) is 12.8 Å². The number of hydrogen-bond donors (Lipinski definition) is 2. The highest BCUT2D eigenvalue weighted by molar-refractivity contribution is 5.86. The van der Waals surface area contributed by atoms with E-state index in [1.807, 2.05) is 13.8 Å². The second-order valence-electron chi connectivity index (χ2n) is 7.10. The average molecular weight is 312 g/mol. The molecule has 0 saturated heterocycles. The molecule has 128 valence electrons. The summed E-state index contributed by atoms with van der Waals surface area (Å²) in [6, 6.07) is 0. The number of unbranched alkanes of at least 4 members (excludes halogenated alkanes) is 2. The van der Waals surface area contributed by atoms with E-state index in [9.17, 15) is 19.8 Å². The first-order valence-corrected chi connectivity index (χ1v) is 8.83. The van der Waals surface area contributed by atoms with Crippen molar-refractivity contribution in [3.63, 3.8) is 0 Å². The van der Waals surface area contributed by atoms with Crippen molar-refractivity contribution >= 4 is 11.9 Å². The lowest BCUT2D eigenvalue weighted by Gasteiger charge is -2.47. The highest BCUT2D eigenvalue weighted by Gasteiger charge is 2.61. The van der Waals surface area contributed by atoms with Crippen LogP contribution in [0, 0.1) is 16.7 Å². The Bertz CT molecular complexity index is 387. The van der Waals surface area contributed by atoms with Crippen LogP contribution in [0.2, 0.25) is 0 Å². The van der Waals surface area contributed by atoms with Gasteiger partial charge in [-0.05, 0) is 38.5 Å². The first kappa shape index (κ1) is 19.0. The van der Waals surface area contributed by atoms with Crippen LogP contribution in [0.15, 0.2) is 0 Å². The fraction of sp³-hybridized carbons (Fsp3) is 0.889. The molecular formula is C18H32O4. The summed E-state index contributed by atoms with van der Waals surface area (Å²) >= 11 is 0. The third-order valence-electron chi connectivity index (χ3n) is 5.85. The van der Waals surface area contributed by atoms with Crippen LogP contribution in [0.3, 0.4) is 0 Å². The Morgan fingerprint density at radius 1 is 0.955 bits per heavy atom. The monoisotopic (exact) mass is 312 g/mol. The minimum absolute atomic E-state index is 0.00509. The lowest BCUT2D eigenvalue weighted by Crippen LogP contribution is -2.54. The molecule has 0 radical (unpaired) electrons. The van der Waals surface area contributed by atoms with Crippen LogP contribution in [0.1, 0.15) is 85.0 Å². The molecule has 0 aromatic rings. The quantitative estimate of drug-likeness (QED) is 0.612. The summed E-state index contributed by atoms with van der Waals surface area (Å²) in [7, 11) is 0. The second-order valence-corrected chi connectivity index (χ2v) is 7.10. The van der Waals surface area contributed by atoms with E-state index in [-0.39, 0.29) is 5.92 Å². The Hall–Kier alpha value is -1.06. The van der Waals surface area contributed by atoms with Crippen molar-refractivity contribution in [2.24, 2.45) is 16.7 Å². The van der Waals surface area contributed by atoms with Gasteiger partial charge in [0.25, 0.3) is 0 Å². The van der Waals surface area contributed by atoms with Gasteiger partial charge in [0.05, 0.1) is 10.8 Å². The SMILES string of the molecule is CCCCC(C)(C(=O)O)C(CCCC)(C(=O)O)C1CCCC1. The summed E-state index contributed by atoms with van der Waals surface area (Å²) in [6.45, 7) is 5.74. The number of carboxylic acid groups (broad SMARTS) is 2. The van der Waals surface area contributed by atoms with E-state index in [4.69, 9.17) is 0 Å². The molecule has 1 aliphatic rings. The zero-order chi connectivity index (χ0) is 16.8. The second kappa shape index (κ2) is 7.98. The zero-order valence-corrected chi connectivity index (χ0v) is 14.4. The van der Waals surface area contributed by atoms with Crippen molar-refractivity contribution in [1.29, 1.82) is 0 Å². The molecule has 0 aliphatic heterocycles. The van der Waals surface area contributed by atoms with Crippen molar-refractivity contribution < 1.29 is 19.8 Å². The van der Waals surface area contributed by atoms with Gasteiger partial charge in [0.2, 0.25) is 0 Å². The van der Waals surface area contributed by atoms with Gasteiger partial charge in [0.15, 0.2) is 0 Å². The number of hydrogen-bond acceptors (Lipinski definition) is 2. The van der Waals surface area contributed by atoms with E-state index in [0.717, 1.165) is 51.4 Å². The molecule has 4 nitrogen and oxygen atoms in total. The minimum Gasteiger partial charge on any atom is -0.481 e. The topological polar surface area (TPSA) is 74.6 Å². The van der Waals surface area contributed by atoms with Crippen molar-refractivity contribution in [3.8, 4) is 0 Å². The van der Waals surface area contributed by atoms with Crippen molar-refractivity contribution in [2.75, 3.05) is 0 Å². The average Bonchev–Trinajstić information content (AvgIpc) is 2.99. The summed E-state index contributed by atoms with van der Waals surface area (Å²) in [6.07, 6.45) is 8.00. The third-order valence-corrected chi connectivity index (χ3v) is 5.85. The van der Waals surface area contributed by atoms with Crippen molar-refractivity contribution in [2.45, 2.75) is 85.0 Å². The largest absolute Gasteiger partial charge is 0.481 e. The first-order valence-electron chi connectivity index (χ1n) is 8.83. The molecule has 1 saturated carbocycles. The van der Waals surface area contributed by atoms with Gasteiger partial charge in [-0.15, -0.1) is 0 Å². The smallest absolute Gasteiger partial charge is 0.311 e. The molecule has 0 aromatic carbocycles. The van der Waals surface area contributed by atoms with Gasteiger partial charge in [-0.3, -0.25) is 9.59 Å². The molecule has 0 bridgehead atoms. The molecule has 0 amide bonds. The maximum absolute atomic E-state index is 12.4. The predicted molar refractivity (Wildman–Crippen MR) is 86.8 cm³/mol. The fourth-order valence-corrected chi connectivity index (χ4v) is 4.37. The molecule has 1 fully saturated rings. The predicted octanol–water partition coefficient (Wildman–Crippen LogP) is 4.72. The summed E-state index contributed by atoms with van der Waals surface area (Å²) in [5.74, 6) is -1.84. The van der Waals surface area contributed by atoms with Gasteiger partial charge >= 0.3 is 11.9 Å². The van der Waals surface area contributed by atoms with Crippen LogP contribution in [-0.4, -0.2) is 22.2 Å². The maximum Gasteiger partial charge on any atom is 0.311 e. The minimum atomic E-state index is -1.18. The van der Waals surface area contributed by atoms with Crippen LogP contribution in [0.4, 0.5) is 0 Å². The van der Waals surface area contributed by atoms with Crippen LogP contribution in [0.5, 0.6) is 0 Å².